The number of halogens is 1. The zero-order valence-corrected chi connectivity index (χ0v) is 13.6. The van der Waals surface area contributed by atoms with Crippen molar-refractivity contribution in [2.75, 3.05) is 5.32 Å². The van der Waals surface area contributed by atoms with Crippen molar-refractivity contribution in [2.24, 2.45) is 0 Å². The van der Waals surface area contributed by atoms with Crippen LogP contribution in [0.25, 0.3) is 0 Å². The van der Waals surface area contributed by atoms with Crippen molar-refractivity contribution in [1.29, 1.82) is 0 Å². The smallest absolute Gasteiger partial charge is 0.0517 e. The molecule has 0 radical (unpaired) electrons. The largest absolute Gasteiger partial charge is 0.380 e. The molecule has 0 heterocycles. The minimum absolute atomic E-state index is 0.852. The van der Waals surface area contributed by atoms with Crippen molar-refractivity contribution in [3.63, 3.8) is 0 Å². The third kappa shape index (κ3) is 3.60. The highest BCUT2D eigenvalue weighted by atomic mass is 79.9. The Morgan fingerprint density at radius 3 is 2.00 bits per heavy atom. The van der Waals surface area contributed by atoms with E-state index >= 15 is 0 Å². The molecule has 0 spiro atoms. The summed E-state index contributed by atoms with van der Waals surface area (Å²) >= 11 is 3.64. The van der Waals surface area contributed by atoms with Crippen LogP contribution in [0.1, 0.15) is 27.8 Å². The number of nitrogens with one attached hydrogen (secondary N) is 1. The Kier molecular flexibility index (Phi) is 4.31. The predicted octanol–water partition coefficient (Wildman–Crippen LogP) is 5.29. The normalized spacial score (nSPS) is 10.6. The summed E-state index contributed by atoms with van der Waals surface area (Å²) in [6.45, 7) is 9.39. The zero-order chi connectivity index (χ0) is 14.0. The lowest BCUT2D eigenvalue weighted by molar-refractivity contribution is 1.12. The van der Waals surface area contributed by atoms with E-state index < -0.39 is 0 Å². The van der Waals surface area contributed by atoms with Gasteiger partial charge in [0.15, 0.2) is 0 Å². The fourth-order valence-electron chi connectivity index (χ4n) is 2.50. The van der Waals surface area contributed by atoms with Crippen molar-refractivity contribution in [1.82, 2.24) is 0 Å². The molecule has 1 N–H and O–H groups in total. The third-order valence-corrected chi connectivity index (χ3v) is 3.81. The molecule has 100 valence electrons. The molecule has 0 bridgehead atoms. The lowest BCUT2D eigenvalue weighted by Crippen LogP contribution is -2.03. The van der Waals surface area contributed by atoms with Gasteiger partial charge in [-0.25, -0.2) is 0 Å². The van der Waals surface area contributed by atoms with Crippen LogP contribution >= 0.6 is 15.9 Å². The molecule has 1 nitrogen and oxygen atoms in total. The van der Waals surface area contributed by atoms with Gasteiger partial charge in [0.2, 0.25) is 0 Å². The monoisotopic (exact) mass is 317 g/mol. The van der Waals surface area contributed by atoms with Gasteiger partial charge in [0.1, 0.15) is 0 Å². The summed E-state index contributed by atoms with van der Waals surface area (Å²) in [6.07, 6.45) is 0. The topological polar surface area (TPSA) is 12.0 Å². The van der Waals surface area contributed by atoms with E-state index in [9.17, 15) is 0 Å². The molecule has 0 amide bonds. The van der Waals surface area contributed by atoms with Gasteiger partial charge in [-0.2, -0.15) is 0 Å². The molecular formula is C17H20BrN. The van der Waals surface area contributed by atoms with Crippen LogP contribution in [-0.2, 0) is 6.54 Å². The van der Waals surface area contributed by atoms with E-state index in [1.165, 1.54) is 33.5 Å². The third-order valence-electron chi connectivity index (χ3n) is 3.18. The second kappa shape index (κ2) is 5.79. The first-order valence-electron chi connectivity index (χ1n) is 6.53. The van der Waals surface area contributed by atoms with Crippen LogP contribution in [0.15, 0.2) is 34.8 Å². The second-order valence-corrected chi connectivity index (χ2v) is 6.14. The first-order valence-corrected chi connectivity index (χ1v) is 7.33. The van der Waals surface area contributed by atoms with E-state index in [4.69, 9.17) is 0 Å². The number of hydrogen-bond donors (Lipinski definition) is 1. The van der Waals surface area contributed by atoms with E-state index in [-0.39, 0.29) is 0 Å². The summed E-state index contributed by atoms with van der Waals surface area (Å²) in [5, 5.41) is 3.53. The number of aryl methyl sites for hydroxylation is 4. The lowest BCUT2D eigenvalue weighted by Gasteiger charge is -2.13. The fourth-order valence-corrected chi connectivity index (χ4v) is 3.32. The van der Waals surface area contributed by atoms with Crippen molar-refractivity contribution >= 4 is 21.6 Å². The van der Waals surface area contributed by atoms with Gasteiger partial charge < -0.3 is 5.32 Å². The van der Waals surface area contributed by atoms with E-state index in [1.807, 2.05) is 0 Å². The molecule has 0 aliphatic heterocycles. The van der Waals surface area contributed by atoms with Gasteiger partial charge in [-0.3, -0.25) is 0 Å². The zero-order valence-electron chi connectivity index (χ0n) is 12.0. The molecular weight excluding hydrogens is 298 g/mol. The molecule has 0 aromatic heterocycles. The average molecular weight is 318 g/mol. The number of hydrogen-bond acceptors (Lipinski definition) is 1. The maximum absolute atomic E-state index is 3.64. The van der Waals surface area contributed by atoms with Gasteiger partial charge in [-0.1, -0.05) is 35.4 Å². The summed E-state index contributed by atoms with van der Waals surface area (Å²) in [5.41, 5.74) is 7.69. The maximum Gasteiger partial charge on any atom is 0.0517 e. The second-order valence-electron chi connectivity index (χ2n) is 5.29. The molecule has 0 saturated carbocycles. The number of rotatable bonds is 3. The lowest BCUT2D eigenvalue weighted by atomic mass is 10.1. The van der Waals surface area contributed by atoms with Crippen LogP contribution in [0.4, 0.5) is 5.69 Å². The molecule has 19 heavy (non-hydrogen) atoms. The molecule has 0 saturated heterocycles. The van der Waals surface area contributed by atoms with E-state index in [0.717, 1.165) is 11.0 Å². The average Bonchev–Trinajstić information content (AvgIpc) is 2.25. The Bertz CT molecular complexity index is 559. The van der Waals surface area contributed by atoms with Crippen molar-refractivity contribution in [3.05, 3.63) is 62.6 Å². The summed E-state index contributed by atoms with van der Waals surface area (Å²) in [4.78, 5) is 0. The molecule has 0 fully saturated rings. The van der Waals surface area contributed by atoms with Gasteiger partial charge in [0, 0.05) is 11.0 Å². The van der Waals surface area contributed by atoms with Crippen molar-refractivity contribution in [3.8, 4) is 0 Å². The van der Waals surface area contributed by atoms with Gasteiger partial charge in [0.05, 0.1) is 5.69 Å². The van der Waals surface area contributed by atoms with Crippen LogP contribution in [0.3, 0.4) is 0 Å². The molecule has 0 aliphatic rings. The highest BCUT2D eigenvalue weighted by molar-refractivity contribution is 9.10. The van der Waals surface area contributed by atoms with Gasteiger partial charge in [-0.15, -0.1) is 0 Å². The van der Waals surface area contributed by atoms with Crippen LogP contribution < -0.4 is 5.32 Å². The minimum Gasteiger partial charge on any atom is -0.380 e. The minimum atomic E-state index is 0.852. The molecule has 0 unspecified atom stereocenters. The molecule has 2 heteroatoms. The first kappa shape index (κ1) is 14.1. The van der Waals surface area contributed by atoms with E-state index in [0.29, 0.717) is 0 Å². The summed E-state index contributed by atoms with van der Waals surface area (Å²) < 4.78 is 1.13. The Hall–Kier alpha value is -1.28. The van der Waals surface area contributed by atoms with Crippen LogP contribution in [-0.4, -0.2) is 0 Å². The molecule has 2 rings (SSSR count). The summed E-state index contributed by atoms with van der Waals surface area (Å²) in [5.74, 6) is 0. The SMILES string of the molecule is Cc1cc(C)cc(CNc2c(C)cc(C)cc2Br)c1. The Morgan fingerprint density at radius 1 is 0.842 bits per heavy atom. The van der Waals surface area contributed by atoms with Gasteiger partial charge >= 0.3 is 0 Å². The Balaban J connectivity index is 2.19. The maximum atomic E-state index is 3.64. The number of anilines is 1. The molecule has 0 aliphatic carbocycles. The van der Waals surface area contributed by atoms with Crippen molar-refractivity contribution < 1.29 is 0 Å². The van der Waals surface area contributed by atoms with Gasteiger partial charge in [-0.05, 0) is 66.4 Å². The molecule has 2 aromatic rings. The molecule has 2 aromatic carbocycles. The predicted molar refractivity (Wildman–Crippen MR) is 86.9 cm³/mol. The Labute approximate surface area is 124 Å². The van der Waals surface area contributed by atoms with E-state index in [1.54, 1.807) is 0 Å². The highest BCUT2D eigenvalue weighted by Crippen LogP contribution is 2.28. The standard InChI is InChI=1S/C17H20BrN/c1-11-5-12(2)8-15(7-11)10-19-17-14(4)6-13(3)9-16(17)18/h5-9,19H,10H2,1-4H3. The van der Waals surface area contributed by atoms with Gasteiger partial charge in [0.25, 0.3) is 0 Å². The van der Waals surface area contributed by atoms with Crippen molar-refractivity contribution in [2.45, 2.75) is 34.2 Å². The highest BCUT2D eigenvalue weighted by Gasteiger charge is 2.05. The van der Waals surface area contributed by atoms with Crippen LogP contribution in [0.5, 0.6) is 0 Å². The Morgan fingerprint density at radius 2 is 1.42 bits per heavy atom. The first-order chi connectivity index (χ1) is 8.95. The van der Waals surface area contributed by atoms with Crippen LogP contribution in [0, 0.1) is 27.7 Å². The van der Waals surface area contributed by atoms with E-state index in [2.05, 4.69) is 79.3 Å². The fraction of sp³-hybridized carbons (Fsp3) is 0.294. The number of benzene rings is 2. The van der Waals surface area contributed by atoms with Crippen LogP contribution in [0.2, 0.25) is 0 Å². The summed E-state index contributed by atoms with van der Waals surface area (Å²) in [7, 11) is 0. The quantitative estimate of drug-likeness (QED) is 0.810. The molecule has 0 atom stereocenters. The summed E-state index contributed by atoms with van der Waals surface area (Å²) in [6, 6.07) is 11.0.